The lowest BCUT2D eigenvalue weighted by Gasteiger charge is -2.49. The number of hydrazine groups is 2. The third-order valence-corrected chi connectivity index (χ3v) is 12.3. The Morgan fingerprint density at radius 1 is 0.707 bits per heavy atom. The Labute approximate surface area is 252 Å². The van der Waals surface area contributed by atoms with Crippen molar-refractivity contribution in [1.29, 1.82) is 0 Å². The van der Waals surface area contributed by atoms with E-state index in [-0.39, 0.29) is 0 Å². The summed E-state index contributed by atoms with van der Waals surface area (Å²) < 4.78 is 0. The first kappa shape index (κ1) is 30.7. The van der Waals surface area contributed by atoms with Crippen molar-refractivity contribution >= 4 is 0 Å². The van der Waals surface area contributed by atoms with Crippen molar-refractivity contribution in [3.05, 3.63) is 0 Å². The molecule has 0 spiro atoms. The van der Waals surface area contributed by atoms with E-state index >= 15 is 0 Å². The Hall–Kier alpha value is -0.320. The molecule has 6 aliphatic heterocycles. The van der Waals surface area contributed by atoms with E-state index in [0.717, 1.165) is 48.8 Å². The molecule has 6 saturated heterocycles. The zero-order chi connectivity index (χ0) is 28.0. The number of nitrogens with two attached hydrogens (primary N) is 1. The minimum Gasteiger partial charge on any atom is -0.306 e. The Morgan fingerprint density at radius 2 is 1.51 bits per heavy atom. The predicted molar refractivity (Wildman–Crippen MR) is 169 cm³/mol. The molecule has 0 aromatic carbocycles. The van der Waals surface area contributed by atoms with Gasteiger partial charge in [0.15, 0.2) is 0 Å². The van der Waals surface area contributed by atoms with Crippen molar-refractivity contribution in [2.24, 2.45) is 29.5 Å². The molecule has 4 atom stereocenters. The summed E-state index contributed by atoms with van der Waals surface area (Å²) in [4.78, 5) is 8.33. The SMILES string of the molecule is CN1CCC(C2CCC(NN3CCC(CCN4CCCC(C5CCCCN5C5CCN(N)CC5)C4)CC3)NC2)CC1. The molecular weight excluding hydrogens is 508 g/mol. The van der Waals surface area contributed by atoms with Gasteiger partial charge in [-0.25, -0.2) is 15.4 Å². The lowest BCUT2D eigenvalue weighted by molar-refractivity contribution is 0.00180. The summed E-state index contributed by atoms with van der Waals surface area (Å²) in [5, 5.41) is 8.47. The van der Waals surface area contributed by atoms with Crippen LogP contribution in [0.25, 0.3) is 0 Å². The van der Waals surface area contributed by atoms with Crippen LogP contribution in [0, 0.1) is 23.7 Å². The summed E-state index contributed by atoms with van der Waals surface area (Å²) in [5.41, 5.74) is 3.88. The van der Waals surface area contributed by atoms with Gasteiger partial charge in [0.05, 0.1) is 6.17 Å². The van der Waals surface area contributed by atoms with Crippen LogP contribution in [0.15, 0.2) is 0 Å². The zero-order valence-corrected chi connectivity index (χ0v) is 26.5. The largest absolute Gasteiger partial charge is 0.306 e. The highest BCUT2D eigenvalue weighted by Gasteiger charge is 2.37. The van der Waals surface area contributed by atoms with Gasteiger partial charge in [0.2, 0.25) is 0 Å². The van der Waals surface area contributed by atoms with E-state index in [1.165, 1.54) is 149 Å². The van der Waals surface area contributed by atoms with E-state index in [9.17, 15) is 0 Å². The predicted octanol–water partition coefficient (Wildman–Crippen LogP) is 3.17. The maximum absolute atomic E-state index is 6.10. The topological polar surface area (TPSA) is 66.3 Å². The van der Waals surface area contributed by atoms with Gasteiger partial charge < -0.3 is 15.1 Å². The van der Waals surface area contributed by atoms with Gasteiger partial charge in [-0.2, -0.15) is 0 Å². The second kappa shape index (κ2) is 15.1. The number of hydrogen-bond donors (Lipinski definition) is 3. The zero-order valence-electron chi connectivity index (χ0n) is 26.5. The number of hydrogen-bond acceptors (Lipinski definition) is 8. The first-order valence-corrected chi connectivity index (χ1v) is 18.0. The van der Waals surface area contributed by atoms with Crippen molar-refractivity contribution in [1.82, 2.24) is 35.5 Å². The molecule has 6 aliphatic rings. The summed E-state index contributed by atoms with van der Waals surface area (Å²) in [6.07, 6.45) is 19.8. The van der Waals surface area contributed by atoms with Gasteiger partial charge in [-0.3, -0.25) is 10.7 Å². The Morgan fingerprint density at radius 3 is 2.27 bits per heavy atom. The second-order valence-corrected chi connectivity index (χ2v) is 15.1. The summed E-state index contributed by atoms with van der Waals surface area (Å²) in [6.45, 7) is 13.8. The fourth-order valence-corrected chi connectivity index (χ4v) is 9.59. The van der Waals surface area contributed by atoms with Crippen LogP contribution in [0.5, 0.6) is 0 Å². The Kier molecular flexibility index (Phi) is 11.3. The lowest BCUT2D eigenvalue weighted by atomic mass is 9.80. The Bertz CT molecular complexity index is 750. The van der Waals surface area contributed by atoms with Gasteiger partial charge >= 0.3 is 0 Å². The summed E-state index contributed by atoms with van der Waals surface area (Å²) >= 11 is 0. The van der Waals surface area contributed by atoms with Crippen LogP contribution in [-0.4, -0.2) is 122 Å². The molecule has 0 aromatic rings. The van der Waals surface area contributed by atoms with Crippen LogP contribution in [-0.2, 0) is 0 Å². The van der Waals surface area contributed by atoms with Crippen molar-refractivity contribution in [2.75, 3.05) is 79.0 Å². The average molecular weight is 573 g/mol. The van der Waals surface area contributed by atoms with Crippen LogP contribution < -0.4 is 16.6 Å². The summed E-state index contributed by atoms with van der Waals surface area (Å²) in [5.74, 6) is 9.73. The molecule has 6 heterocycles. The minimum atomic E-state index is 0.488. The van der Waals surface area contributed by atoms with Gasteiger partial charge in [0.1, 0.15) is 0 Å². The Balaban J connectivity index is 0.878. The first-order valence-electron chi connectivity index (χ1n) is 18.0. The molecule has 0 saturated carbocycles. The van der Waals surface area contributed by atoms with Crippen molar-refractivity contribution in [3.63, 3.8) is 0 Å². The fraction of sp³-hybridized carbons (Fsp3) is 1.00. The molecule has 4 unspecified atom stereocenters. The second-order valence-electron chi connectivity index (χ2n) is 15.1. The van der Waals surface area contributed by atoms with Crippen LogP contribution in [0.2, 0.25) is 0 Å². The van der Waals surface area contributed by atoms with Crippen molar-refractivity contribution in [3.8, 4) is 0 Å². The maximum Gasteiger partial charge on any atom is 0.0706 e. The normalized spacial score (nSPS) is 36.1. The van der Waals surface area contributed by atoms with Gasteiger partial charge in [0.25, 0.3) is 0 Å². The van der Waals surface area contributed by atoms with E-state index in [0.29, 0.717) is 6.17 Å². The fourth-order valence-electron chi connectivity index (χ4n) is 9.59. The lowest BCUT2D eigenvalue weighted by Crippen LogP contribution is -2.57. The maximum atomic E-state index is 6.10. The molecule has 6 fully saturated rings. The summed E-state index contributed by atoms with van der Waals surface area (Å²) in [7, 11) is 2.28. The smallest absolute Gasteiger partial charge is 0.0706 e. The van der Waals surface area contributed by atoms with Crippen molar-refractivity contribution < 1.29 is 0 Å². The highest BCUT2D eigenvalue weighted by Crippen LogP contribution is 2.34. The van der Waals surface area contributed by atoms with E-state index in [4.69, 9.17) is 5.84 Å². The quantitative estimate of drug-likeness (QED) is 0.384. The third-order valence-electron chi connectivity index (χ3n) is 12.3. The van der Waals surface area contributed by atoms with E-state index < -0.39 is 0 Å². The van der Waals surface area contributed by atoms with E-state index in [2.05, 4.69) is 37.5 Å². The van der Waals surface area contributed by atoms with Crippen LogP contribution in [0.3, 0.4) is 0 Å². The number of piperidine rings is 6. The number of nitrogens with zero attached hydrogens (tertiary/aromatic N) is 5. The highest BCUT2D eigenvalue weighted by molar-refractivity contribution is 4.92. The molecule has 8 nitrogen and oxygen atoms in total. The number of nitrogens with one attached hydrogen (secondary N) is 2. The van der Waals surface area contributed by atoms with E-state index in [1.54, 1.807) is 0 Å². The summed E-state index contributed by atoms with van der Waals surface area (Å²) in [6, 6.07) is 1.60. The molecule has 236 valence electrons. The van der Waals surface area contributed by atoms with Crippen molar-refractivity contribution in [2.45, 2.75) is 108 Å². The number of likely N-dealkylation sites (tertiary alicyclic amines) is 3. The van der Waals surface area contributed by atoms with Gasteiger partial charge in [0, 0.05) is 44.8 Å². The molecule has 6 rings (SSSR count). The first-order chi connectivity index (χ1) is 20.1. The van der Waals surface area contributed by atoms with Crippen LogP contribution >= 0.6 is 0 Å². The molecule has 0 aromatic heterocycles. The highest BCUT2D eigenvalue weighted by atomic mass is 15.5. The molecule has 0 aliphatic carbocycles. The third kappa shape index (κ3) is 8.44. The average Bonchev–Trinajstić information content (AvgIpc) is 3.02. The molecule has 8 heteroatoms. The van der Waals surface area contributed by atoms with Crippen LogP contribution in [0.4, 0.5) is 0 Å². The van der Waals surface area contributed by atoms with Gasteiger partial charge in [-0.15, -0.1) is 0 Å². The molecule has 0 amide bonds. The molecule has 41 heavy (non-hydrogen) atoms. The van der Waals surface area contributed by atoms with Crippen LogP contribution in [0.1, 0.15) is 89.9 Å². The standard InChI is InChI=1S/C33H64N8/c1-37-18-12-28(13-19-37)29-7-8-33(35-25-29)36-40-23-10-27(11-24-40)9-20-38-16-4-5-30(26-38)32-6-2-3-17-41(32)31-14-21-39(34)22-15-31/h27-33,35-36H,2-26,34H2,1H3. The minimum absolute atomic E-state index is 0.488. The monoisotopic (exact) mass is 573 g/mol. The molecule has 0 radical (unpaired) electrons. The molecule has 4 N–H and O–H groups in total. The number of rotatable bonds is 8. The van der Waals surface area contributed by atoms with Gasteiger partial charge in [-0.1, -0.05) is 6.42 Å². The van der Waals surface area contributed by atoms with Gasteiger partial charge in [-0.05, 0) is 153 Å². The molecule has 0 bridgehead atoms. The van der Waals surface area contributed by atoms with E-state index in [1.807, 2.05) is 5.01 Å². The molecular formula is C33H64N8.